The van der Waals surface area contributed by atoms with E-state index in [2.05, 4.69) is 9.97 Å². The van der Waals surface area contributed by atoms with Crippen LogP contribution in [0.3, 0.4) is 0 Å². The molecule has 1 fully saturated rings. The maximum Gasteiger partial charge on any atom is 0.307 e. The number of ether oxygens (including phenoxy) is 1. The van der Waals surface area contributed by atoms with Crippen LogP contribution in [0.15, 0.2) is 4.79 Å². The number of aromatic nitrogens is 2. The minimum atomic E-state index is -0.815. The molecule has 2 aromatic heterocycles. The van der Waals surface area contributed by atoms with Crippen molar-refractivity contribution in [3.63, 3.8) is 0 Å². The molecule has 2 heterocycles. The number of aromatic amines is 1. The standard InChI is InChI=1S/C19H23N3O6S/c1-8-5-14(23)12(13(8)7-22(26)27)6-15(24)28-10(3)17-20-18(25)16-9(2)11(4)29-19(16)21-17/h8,10,12-13H,5-7H2,1-4H3,(H,20,21,25)/t8-,10-,12+,13-/m1/s1. The lowest BCUT2D eigenvalue weighted by Gasteiger charge is -2.18. The molecule has 10 heteroatoms. The lowest BCUT2D eigenvalue weighted by Crippen LogP contribution is -2.28. The molecule has 3 rings (SSSR count). The summed E-state index contributed by atoms with van der Waals surface area (Å²) in [4.78, 5) is 56.1. The summed E-state index contributed by atoms with van der Waals surface area (Å²) in [7, 11) is 0. The van der Waals surface area contributed by atoms with Crippen molar-refractivity contribution in [1.29, 1.82) is 0 Å². The molecule has 1 aliphatic carbocycles. The van der Waals surface area contributed by atoms with Crippen LogP contribution in [0, 0.1) is 41.7 Å². The van der Waals surface area contributed by atoms with Crippen LogP contribution in [0.1, 0.15) is 49.1 Å². The Hall–Kier alpha value is -2.62. The Morgan fingerprint density at radius 2 is 2.10 bits per heavy atom. The van der Waals surface area contributed by atoms with Crippen molar-refractivity contribution in [3.8, 4) is 0 Å². The van der Waals surface area contributed by atoms with Gasteiger partial charge in [0.05, 0.1) is 11.8 Å². The Kier molecular flexibility index (Phi) is 5.83. The third-order valence-corrected chi connectivity index (χ3v) is 6.78. The van der Waals surface area contributed by atoms with Crippen molar-refractivity contribution in [2.45, 2.75) is 46.6 Å². The highest BCUT2D eigenvalue weighted by Crippen LogP contribution is 2.37. The number of hydrogen-bond donors (Lipinski definition) is 1. The summed E-state index contributed by atoms with van der Waals surface area (Å²) in [5, 5.41) is 11.4. The molecule has 156 valence electrons. The number of Topliss-reactive ketones (excluding diaryl/α,β-unsaturated/α-hetero) is 1. The number of hydrogen-bond acceptors (Lipinski definition) is 8. The molecule has 0 spiro atoms. The third-order valence-electron chi connectivity index (χ3n) is 5.68. The summed E-state index contributed by atoms with van der Waals surface area (Å²) in [5.74, 6) is -1.90. The number of H-pyrrole nitrogens is 1. The van der Waals surface area contributed by atoms with E-state index in [1.807, 2.05) is 13.8 Å². The maximum absolute atomic E-state index is 12.4. The number of rotatable bonds is 6. The molecule has 0 bridgehead atoms. The molecule has 29 heavy (non-hydrogen) atoms. The molecular formula is C19H23N3O6S. The highest BCUT2D eigenvalue weighted by molar-refractivity contribution is 7.18. The fraction of sp³-hybridized carbons (Fsp3) is 0.579. The van der Waals surface area contributed by atoms with E-state index in [4.69, 9.17) is 4.74 Å². The normalized spacial score (nSPS) is 22.8. The van der Waals surface area contributed by atoms with Gasteiger partial charge in [0.1, 0.15) is 10.6 Å². The molecule has 0 aromatic carbocycles. The van der Waals surface area contributed by atoms with E-state index in [0.29, 0.717) is 10.2 Å². The van der Waals surface area contributed by atoms with Gasteiger partial charge in [-0.15, -0.1) is 11.3 Å². The second-order valence-electron chi connectivity index (χ2n) is 7.68. The molecule has 0 radical (unpaired) electrons. The maximum atomic E-state index is 12.4. The average molecular weight is 421 g/mol. The van der Waals surface area contributed by atoms with Crippen LogP contribution in [0.5, 0.6) is 0 Å². The molecule has 1 N–H and O–H groups in total. The van der Waals surface area contributed by atoms with Gasteiger partial charge >= 0.3 is 5.97 Å². The van der Waals surface area contributed by atoms with Crippen molar-refractivity contribution in [2.75, 3.05) is 6.54 Å². The molecule has 0 unspecified atom stereocenters. The molecule has 2 aromatic rings. The van der Waals surface area contributed by atoms with E-state index in [1.54, 1.807) is 13.8 Å². The number of fused-ring (bicyclic) bond motifs is 1. The first-order chi connectivity index (χ1) is 13.6. The number of nitrogens with zero attached hydrogens (tertiary/aromatic N) is 2. The molecule has 9 nitrogen and oxygen atoms in total. The van der Waals surface area contributed by atoms with Crippen molar-refractivity contribution >= 4 is 33.3 Å². The lowest BCUT2D eigenvalue weighted by atomic mass is 9.88. The number of nitrogens with one attached hydrogen (secondary N) is 1. The fourth-order valence-corrected chi connectivity index (χ4v) is 4.98. The zero-order chi connectivity index (χ0) is 21.5. The van der Waals surface area contributed by atoms with E-state index in [9.17, 15) is 24.5 Å². The minimum absolute atomic E-state index is 0.145. The highest BCUT2D eigenvalue weighted by Gasteiger charge is 2.44. The van der Waals surface area contributed by atoms with Crippen molar-refractivity contribution in [2.24, 2.45) is 17.8 Å². The second kappa shape index (κ2) is 8.02. The Balaban J connectivity index is 1.73. The van der Waals surface area contributed by atoms with Gasteiger partial charge in [-0.25, -0.2) is 4.98 Å². The van der Waals surface area contributed by atoms with Gasteiger partial charge in [-0.05, 0) is 32.3 Å². The van der Waals surface area contributed by atoms with Crippen LogP contribution in [0.2, 0.25) is 0 Å². The van der Waals surface area contributed by atoms with E-state index >= 15 is 0 Å². The van der Waals surface area contributed by atoms with Gasteiger partial charge in [-0.3, -0.25) is 24.5 Å². The first kappa shape index (κ1) is 21.1. The highest BCUT2D eigenvalue weighted by atomic mass is 32.1. The molecule has 1 aliphatic rings. The van der Waals surface area contributed by atoms with Crippen molar-refractivity contribution in [3.05, 3.63) is 36.7 Å². The predicted molar refractivity (Wildman–Crippen MR) is 106 cm³/mol. The minimum Gasteiger partial charge on any atom is -0.454 e. The summed E-state index contributed by atoms with van der Waals surface area (Å²) in [6.45, 7) is 6.79. The zero-order valence-corrected chi connectivity index (χ0v) is 17.5. The Bertz CT molecular complexity index is 1040. The number of aryl methyl sites for hydroxylation is 2. The Morgan fingerprint density at radius 3 is 2.76 bits per heavy atom. The van der Waals surface area contributed by atoms with Gasteiger partial charge in [0.2, 0.25) is 6.54 Å². The fourth-order valence-electron chi connectivity index (χ4n) is 3.94. The Labute approximate surface area is 170 Å². The van der Waals surface area contributed by atoms with E-state index in [0.717, 1.165) is 10.4 Å². The van der Waals surface area contributed by atoms with Gasteiger partial charge in [0, 0.05) is 28.1 Å². The summed E-state index contributed by atoms with van der Waals surface area (Å²) in [6, 6.07) is 0. The lowest BCUT2D eigenvalue weighted by molar-refractivity contribution is -0.490. The summed E-state index contributed by atoms with van der Waals surface area (Å²) >= 11 is 1.40. The van der Waals surface area contributed by atoms with Gasteiger partial charge in [-0.1, -0.05) is 6.92 Å². The predicted octanol–water partition coefficient (Wildman–Crippen LogP) is 2.71. The largest absolute Gasteiger partial charge is 0.454 e. The quantitative estimate of drug-likeness (QED) is 0.431. The van der Waals surface area contributed by atoms with E-state index < -0.39 is 28.8 Å². The van der Waals surface area contributed by atoms with Crippen LogP contribution in [-0.2, 0) is 14.3 Å². The SMILES string of the molecule is Cc1sc2nc([C@@H](C)OC(=O)C[C@@H]3C(=O)C[C@@H](C)[C@H]3C[N+](=O)[O-])[nH]c(=O)c2c1C. The van der Waals surface area contributed by atoms with Crippen molar-refractivity contribution < 1.29 is 19.2 Å². The summed E-state index contributed by atoms with van der Waals surface area (Å²) in [6.07, 6.45) is -0.796. The van der Waals surface area contributed by atoms with Crippen LogP contribution in [-0.4, -0.2) is 33.2 Å². The molecule has 0 aliphatic heterocycles. The summed E-state index contributed by atoms with van der Waals surface area (Å²) in [5.41, 5.74) is 0.584. The number of nitro groups is 1. The average Bonchev–Trinajstić information content (AvgIpc) is 3.04. The second-order valence-corrected chi connectivity index (χ2v) is 8.89. The topological polar surface area (TPSA) is 132 Å². The van der Waals surface area contributed by atoms with E-state index in [1.165, 1.54) is 11.3 Å². The monoisotopic (exact) mass is 421 g/mol. The molecule has 1 saturated carbocycles. The smallest absolute Gasteiger partial charge is 0.307 e. The number of carbonyl (C=O) groups excluding carboxylic acids is 2. The van der Waals surface area contributed by atoms with E-state index in [-0.39, 0.29) is 42.5 Å². The molecular weight excluding hydrogens is 398 g/mol. The molecule has 0 amide bonds. The van der Waals surface area contributed by atoms with Gasteiger partial charge in [0.15, 0.2) is 11.9 Å². The first-order valence-electron chi connectivity index (χ1n) is 9.42. The zero-order valence-electron chi connectivity index (χ0n) is 16.7. The van der Waals surface area contributed by atoms with Crippen LogP contribution in [0.25, 0.3) is 10.2 Å². The summed E-state index contributed by atoms with van der Waals surface area (Å²) < 4.78 is 5.39. The number of thiophene rings is 1. The van der Waals surface area contributed by atoms with Gasteiger partial charge < -0.3 is 9.72 Å². The van der Waals surface area contributed by atoms with Crippen LogP contribution >= 0.6 is 11.3 Å². The Morgan fingerprint density at radius 1 is 1.41 bits per heavy atom. The van der Waals surface area contributed by atoms with Crippen molar-refractivity contribution in [1.82, 2.24) is 9.97 Å². The number of esters is 1. The third kappa shape index (κ3) is 4.21. The van der Waals surface area contributed by atoms with Crippen LogP contribution < -0.4 is 5.56 Å². The number of ketones is 1. The van der Waals surface area contributed by atoms with Crippen LogP contribution in [0.4, 0.5) is 0 Å². The molecule has 4 atom stereocenters. The van der Waals surface area contributed by atoms with Gasteiger partial charge in [-0.2, -0.15) is 0 Å². The molecule has 0 saturated heterocycles. The van der Waals surface area contributed by atoms with Gasteiger partial charge in [0.25, 0.3) is 5.56 Å². The number of carbonyl (C=O) groups is 2. The first-order valence-corrected chi connectivity index (χ1v) is 10.2.